The third kappa shape index (κ3) is 4.70. The maximum Gasteiger partial charge on any atom is 0.242 e. The van der Waals surface area contributed by atoms with Crippen LogP contribution < -0.4 is 10.6 Å². The number of hydrogen-bond donors (Lipinski definition) is 1. The van der Waals surface area contributed by atoms with Gasteiger partial charge in [0.2, 0.25) is 5.91 Å². The van der Waals surface area contributed by atoms with Crippen molar-refractivity contribution in [3.05, 3.63) is 24.4 Å². The van der Waals surface area contributed by atoms with Crippen molar-refractivity contribution in [2.45, 2.75) is 32.2 Å². The van der Waals surface area contributed by atoms with Crippen LogP contribution in [0.5, 0.6) is 0 Å². The molecule has 6 nitrogen and oxygen atoms in total. The van der Waals surface area contributed by atoms with Crippen molar-refractivity contribution >= 4 is 11.7 Å². The summed E-state index contributed by atoms with van der Waals surface area (Å²) < 4.78 is 0. The maximum absolute atomic E-state index is 12.4. The summed E-state index contributed by atoms with van der Waals surface area (Å²) in [5, 5.41) is 0. The van der Waals surface area contributed by atoms with Crippen molar-refractivity contribution < 1.29 is 4.79 Å². The van der Waals surface area contributed by atoms with Gasteiger partial charge in [0.05, 0.1) is 5.54 Å². The van der Waals surface area contributed by atoms with Crippen LogP contribution in [0.15, 0.2) is 24.4 Å². The molecule has 0 radical (unpaired) electrons. The number of nitrogens with zero attached hydrogens (tertiary/aromatic N) is 4. The molecule has 138 valence electrons. The smallest absolute Gasteiger partial charge is 0.242 e. The first-order valence-corrected chi connectivity index (χ1v) is 9.40. The fourth-order valence-electron chi connectivity index (χ4n) is 3.87. The number of rotatable bonds is 4. The standard InChI is InChI=1S/C19H31N5O/c1-19(2,20)18(25)24-9-5-6-16(15-24)14-22-10-12-23(13-11-22)17-7-3-4-8-21-17/h3-4,7-8,16H,5-6,9-15,20H2,1-2H3. The highest BCUT2D eigenvalue weighted by molar-refractivity contribution is 5.85. The van der Waals surface area contributed by atoms with Crippen molar-refractivity contribution in [3.8, 4) is 0 Å². The number of likely N-dealkylation sites (tertiary alicyclic amines) is 1. The first-order chi connectivity index (χ1) is 11.9. The lowest BCUT2D eigenvalue weighted by Crippen LogP contribution is -2.55. The Labute approximate surface area is 151 Å². The molecule has 2 aliphatic rings. The summed E-state index contributed by atoms with van der Waals surface area (Å²) in [5.74, 6) is 1.71. The zero-order valence-electron chi connectivity index (χ0n) is 15.5. The molecule has 0 saturated carbocycles. The van der Waals surface area contributed by atoms with Gasteiger partial charge in [-0.05, 0) is 44.7 Å². The lowest BCUT2D eigenvalue weighted by Gasteiger charge is -2.40. The Hall–Kier alpha value is -1.66. The van der Waals surface area contributed by atoms with Gasteiger partial charge in [-0.2, -0.15) is 0 Å². The van der Waals surface area contributed by atoms with Gasteiger partial charge >= 0.3 is 0 Å². The fourth-order valence-corrected chi connectivity index (χ4v) is 3.87. The molecule has 2 fully saturated rings. The van der Waals surface area contributed by atoms with Crippen LogP contribution >= 0.6 is 0 Å². The molecule has 1 aromatic heterocycles. The second-order valence-electron chi connectivity index (χ2n) is 7.96. The third-order valence-electron chi connectivity index (χ3n) is 5.22. The minimum Gasteiger partial charge on any atom is -0.354 e. The van der Waals surface area contributed by atoms with Gasteiger partial charge in [-0.1, -0.05) is 6.07 Å². The Morgan fingerprint density at radius 1 is 1.24 bits per heavy atom. The minimum absolute atomic E-state index is 0.0807. The number of piperazine rings is 1. The summed E-state index contributed by atoms with van der Waals surface area (Å²) in [7, 11) is 0. The molecule has 1 aromatic rings. The number of anilines is 1. The second-order valence-corrected chi connectivity index (χ2v) is 7.96. The Morgan fingerprint density at radius 2 is 2.00 bits per heavy atom. The van der Waals surface area contributed by atoms with E-state index >= 15 is 0 Å². The van der Waals surface area contributed by atoms with Gasteiger partial charge < -0.3 is 15.5 Å². The van der Waals surface area contributed by atoms with Gasteiger partial charge in [-0.3, -0.25) is 9.69 Å². The van der Waals surface area contributed by atoms with Gasteiger partial charge in [0.1, 0.15) is 5.82 Å². The van der Waals surface area contributed by atoms with E-state index < -0.39 is 5.54 Å². The van der Waals surface area contributed by atoms with E-state index in [0.717, 1.165) is 58.1 Å². The quantitative estimate of drug-likeness (QED) is 0.888. The van der Waals surface area contributed by atoms with Gasteiger partial charge in [0.15, 0.2) is 0 Å². The van der Waals surface area contributed by atoms with E-state index in [2.05, 4.69) is 20.9 Å². The third-order valence-corrected chi connectivity index (χ3v) is 5.22. The van der Waals surface area contributed by atoms with Crippen LogP contribution in [0.3, 0.4) is 0 Å². The minimum atomic E-state index is -0.768. The van der Waals surface area contributed by atoms with E-state index in [-0.39, 0.29) is 5.91 Å². The number of piperidine rings is 1. The van der Waals surface area contributed by atoms with Crippen LogP contribution in [-0.4, -0.2) is 72.0 Å². The molecule has 2 N–H and O–H groups in total. The van der Waals surface area contributed by atoms with Crippen LogP contribution in [0.1, 0.15) is 26.7 Å². The second kappa shape index (κ2) is 7.70. The highest BCUT2D eigenvalue weighted by Crippen LogP contribution is 2.21. The highest BCUT2D eigenvalue weighted by Gasteiger charge is 2.32. The summed E-state index contributed by atoms with van der Waals surface area (Å²) >= 11 is 0. The molecule has 3 heterocycles. The van der Waals surface area contributed by atoms with Crippen molar-refractivity contribution in [1.29, 1.82) is 0 Å². The largest absolute Gasteiger partial charge is 0.354 e. The molecule has 0 aromatic carbocycles. The molecule has 0 bridgehead atoms. The lowest BCUT2D eigenvalue weighted by atomic mass is 9.95. The first-order valence-electron chi connectivity index (χ1n) is 9.40. The Morgan fingerprint density at radius 3 is 2.64 bits per heavy atom. The van der Waals surface area contributed by atoms with E-state index in [0.29, 0.717) is 5.92 Å². The normalized spacial score (nSPS) is 22.9. The van der Waals surface area contributed by atoms with Gasteiger partial charge in [-0.15, -0.1) is 0 Å². The molecule has 6 heteroatoms. The van der Waals surface area contributed by atoms with Crippen LogP contribution in [0.4, 0.5) is 5.82 Å². The van der Waals surface area contributed by atoms with E-state index in [1.165, 1.54) is 6.42 Å². The van der Waals surface area contributed by atoms with Crippen LogP contribution in [0.2, 0.25) is 0 Å². The Balaban J connectivity index is 1.48. The van der Waals surface area contributed by atoms with Crippen LogP contribution in [0, 0.1) is 5.92 Å². The first kappa shape index (κ1) is 18.1. The zero-order valence-corrected chi connectivity index (χ0v) is 15.5. The topological polar surface area (TPSA) is 65.7 Å². The predicted molar refractivity (Wildman–Crippen MR) is 100 cm³/mol. The molecule has 0 spiro atoms. The highest BCUT2D eigenvalue weighted by atomic mass is 16.2. The average Bonchev–Trinajstić information content (AvgIpc) is 2.62. The van der Waals surface area contributed by atoms with Crippen molar-refractivity contribution in [2.24, 2.45) is 11.7 Å². The number of nitrogens with two attached hydrogens (primary N) is 1. The van der Waals surface area contributed by atoms with Crippen LogP contribution in [0.25, 0.3) is 0 Å². The predicted octanol–water partition coefficient (Wildman–Crippen LogP) is 1.18. The number of hydrogen-bond acceptors (Lipinski definition) is 5. The van der Waals surface area contributed by atoms with E-state index in [4.69, 9.17) is 5.73 Å². The number of amides is 1. The number of pyridine rings is 1. The zero-order chi connectivity index (χ0) is 17.9. The van der Waals surface area contributed by atoms with E-state index in [1.54, 1.807) is 13.8 Å². The average molecular weight is 345 g/mol. The molecule has 25 heavy (non-hydrogen) atoms. The van der Waals surface area contributed by atoms with Gasteiger partial charge in [0, 0.05) is 52.0 Å². The van der Waals surface area contributed by atoms with E-state index in [9.17, 15) is 4.79 Å². The molecular weight excluding hydrogens is 314 g/mol. The molecule has 0 aliphatic carbocycles. The Kier molecular flexibility index (Phi) is 5.59. The van der Waals surface area contributed by atoms with Crippen molar-refractivity contribution in [3.63, 3.8) is 0 Å². The molecule has 1 unspecified atom stereocenters. The molecule has 2 saturated heterocycles. The number of carbonyl (C=O) groups is 1. The molecule has 2 aliphatic heterocycles. The summed E-state index contributed by atoms with van der Waals surface area (Å²) in [4.78, 5) is 23.7. The van der Waals surface area contributed by atoms with Gasteiger partial charge in [-0.25, -0.2) is 4.98 Å². The summed E-state index contributed by atoms with van der Waals surface area (Å²) in [6, 6.07) is 6.08. The fraction of sp³-hybridized carbons (Fsp3) is 0.684. The van der Waals surface area contributed by atoms with Crippen molar-refractivity contribution in [2.75, 3.05) is 50.7 Å². The Bertz CT molecular complexity index is 563. The van der Waals surface area contributed by atoms with E-state index in [1.807, 2.05) is 23.2 Å². The lowest BCUT2D eigenvalue weighted by molar-refractivity contribution is -0.137. The van der Waals surface area contributed by atoms with Crippen molar-refractivity contribution in [1.82, 2.24) is 14.8 Å². The molecule has 3 rings (SSSR count). The summed E-state index contributed by atoms with van der Waals surface area (Å²) in [6.07, 6.45) is 4.14. The van der Waals surface area contributed by atoms with Gasteiger partial charge in [0.25, 0.3) is 0 Å². The monoisotopic (exact) mass is 345 g/mol. The maximum atomic E-state index is 12.4. The molecule has 1 amide bonds. The summed E-state index contributed by atoms with van der Waals surface area (Å²) in [6.45, 7) is 10.5. The summed E-state index contributed by atoms with van der Waals surface area (Å²) in [5.41, 5.74) is 5.23. The van der Waals surface area contributed by atoms with Crippen LogP contribution in [-0.2, 0) is 4.79 Å². The molecular formula is C19H31N5O. The molecule has 1 atom stereocenters. The number of carbonyl (C=O) groups excluding carboxylic acids is 1. The number of aromatic nitrogens is 1. The SMILES string of the molecule is CC(C)(N)C(=O)N1CCCC(CN2CCN(c3ccccn3)CC2)C1.